The maximum absolute atomic E-state index is 13.1. The zero-order valence-electron chi connectivity index (χ0n) is 16.8. The second-order valence-corrected chi connectivity index (χ2v) is 8.30. The third kappa shape index (κ3) is 4.31. The molecule has 0 aliphatic carbocycles. The molecule has 31 heavy (non-hydrogen) atoms. The van der Waals surface area contributed by atoms with Crippen molar-refractivity contribution in [2.75, 3.05) is 13.1 Å². The summed E-state index contributed by atoms with van der Waals surface area (Å²) in [6.07, 6.45) is -5.96. The molecule has 1 unspecified atom stereocenters. The van der Waals surface area contributed by atoms with E-state index in [1.165, 1.54) is 11.8 Å². The van der Waals surface area contributed by atoms with Gasteiger partial charge < -0.3 is 15.3 Å². The smallest absolute Gasteiger partial charge is 0.390 e. The maximum atomic E-state index is 13.1. The van der Waals surface area contributed by atoms with E-state index in [4.69, 9.17) is 0 Å². The predicted octanol–water partition coefficient (Wildman–Crippen LogP) is 2.05. The number of aromatic nitrogens is 2. The van der Waals surface area contributed by atoms with E-state index >= 15 is 0 Å². The molecule has 1 aliphatic heterocycles. The van der Waals surface area contributed by atoms with Crippen LogP contribution >= 0.6 is 11.3 Å². The van der Waals surface area contributed by atoms with Gasteiger partial charge in [0.2, 0.25) is 0 Å². The zero-order valence-corrected chi connectivity index (χ0v) is 17.6. The van der Waals surface area contributed by atoms with Crippen molar-refractivity contribution >= 4 is 33.6 Å². The van der Waals surface area contributed by atoms with E-state index in [0.717, 1.165) is 15.9 Å². The molecule has 0 saturated carbocycles. The first-order chi connectivity index (χ1) is 14.5. The van der Waals surface area contributed by atoms with Gasteiger partial charge in [-0.15, -0.1) is 11.3 Å². The normalized spacial score (nSPS) is 15.5. The fourth-order valence-electron chi connectivity index (χ4n) is 3.57. The van der Waals surface area contributed by atoms with Crippen LogP contribution in [0.15, 0.2) is 9.59 Å². The van der Waals surface area contributed by atoms with Gasteiger partial charge in [0.1, 0.15) is 10.9 Å². The molecule has 1 atom stereocenters. The number of carbonyl (C=O) groups excluding carboxylic acids is 1. The van der Waals surface area contributed by atoms with E-state index in [0.29, 0.717) is 28.1 Å². The van der Waals surface area contributed by atoms with Crippen LogP contribution in [0.1, 0.15) is 36.2 Å². The number of thiophene rings is 1. The molecule has 2 aromatic heterocycles. The minimum absolute atomic E-state index is 0.001000. The molecule has 2 N–H and O–H groups in total. The van der Waals surface area contributed by atoms with Crippen LogP contribution in [0.5, 0.6) is 0 Å². The van der Waals surface area contributed by atoms with Crippen LogP contribution < -0.4 is 16.6 Å². The predicted molar refractivity (Wildman–Crippen MR) is 107 cm³/mol. The summed E-state index contributed by atoms with van der Waals surface area (Å²) >= 11 is 0.968. The molecule has 170 valence electrons. The van der Waals surface area contributed by atoms with Crippen molar-refractivity contribution < 1.29 is 27.9 Å². The highest BCUT2D eigenvalue weighted by molar-refractivity contribution is 7.18. The fraction of sp³-hybridized carbons (Fsp3) is 0.556. The largest absolute Gasteiger partial charge is 0.480 e. The van der Waals surface area contributed by atoms with Gasteiger partial charge in [-0.05, 0) is 18.9 Å². The summed E-state index contributed by atoms with van der Waals surface area (Å²) in [5.41, 5.74) is -1.54. The number of halogens is 3. The monoisotopic (exact) mass is 462 g/mol. The number of carboxylic acid groups (broad SMARTS) is 1. The standard InChI is InChI=1S/C18H21F3N4O5S/c1-3-10(15(27)28)25-13(26)12-9(2)11(8-23-7-5-22-16(23)29)31-14(12)24(17(25)30)6-4-18(19,20)21/h10H,3-8H2,1-2H3,(H,22,29)(H,27,28). The van der Waals surface area contributed by atoms with E-state index in [-0.39, 0.29) is 29.2 Å². The minimum Gasteiger partial charge on any atom is -0.480 e. The van der Waals surface area contributed by atoms with E-state index in [1.54, 1.807) is 6.92 Å². The number of carbonyl (C=O) groups is 2. The molecule has 13 heteroatoms. The average Bonchev–Trinajstić information content (AvgIpc) is 3.21. The van der Waals surface area contributed by atoms with Gasteiger partial charge in [-0.25, -0.2) is 19.0 Å². The third-order valence-corrected chi connectivity index (χ3v) is 6.52. The van der Waals surface area contributed by atoms with Gasteiger partial charge in [0.15, 0.2) is 0 Å². The first kappa shape index (κ1) is 22.8. The molecule has 9 nitrogen and oxygen atoms in total. The summed E-state index contributed by atoms with van der Waals surface area (Å²) < 4.78 is 40.0. The lowest BCUT2D eigenvalue weighted by Gasteiger charge is -2.17. The summed E-state index contributed by atoms with van der Waals surface area (Å²) in [5.74, 6) is -1.43. The topological polar surface area (TPSA) is 114 Å². The van der Waals surface area contributed by atoms with Gasteiger partial charge in [0.25, 0.3) is 5.56 Å². The molecular formula is C18H21F3N4O5S. The molecule has 1 fully saturated rings. The highest BCUT2D eigenvalue weighted by atomic mass is 32.1. The molecule has 3 heterocycles. The Morgan fingerprint density at radius 1 is 1.29 bits per heavy atom. The molecule has 2 aromatic rings. The van der Waals surface area contributed by atoms with Crippen molar-refractivity contribution in [2.24, 2.45) is 0 Å². The molecular weight excluding hydrogens is 441 g/mol. The molecule has 2 amide bonds. The number of nitrogens with zero attached hydrogens (tertiary/aromatic N) is 3. The summed E-state index contributed by atoms with van der Waals surface area (Å²) in [5, 5.41) is 12.1. The summed E-state index contributed by atoms with van der Waals surface area (Å²) in [6, 6.07) is -1.81. The van der Waals surface area contributed by atoms with E-state index in [2.05, 4.69) is 5.32 Å². The number of nitrogens with one attached hydrogen (secondary N) is 1. The highest BCUT2D eigenvalue weighted by Gasteiger charge is 2.31. The summed E-state index contributed by atoms with van der Waals surface area (Å²) in [4.78, 5) is 51.7. The van der Waals surface area contributed by atoms with Crippen molar-refractivity contribution in [1.82, 2.24) is 19.4 Å². The summed E-state index contributed by atoms with van der Waals surface area (Å²) in [6.45, 7) is 3.29. The number of fused-ring (bicyclic) bond motifs is 1. The Balaban J connectivity index is 2.25. The third-order valence-electron chi connectivity index (χ3n) is 5.22. The number of aryl methyl sites for hydroxylation is 2. The van der Waals surface area contributed by atoms with Crippen LogP contribution in [0.3, 0.4) is 0 Å². The van der Waals surface area contributed by atoms with Crippen LogP contribution in [-0.4, -0.2) is 50.4 Å². The lowest BCUT2D eigenvalue weighted by atomic mass is 10.1. The minimum atomic E-state index is -4.55. The maximum Gasteiger partial charge on any atom is 0.390 e. The second kappa shape index (κ2) is 8.36. The lowest BCUT2D eigenvalue weighted by molar-refractivity contribution is -0.141. The van der Waals surface area contributed by atoms with E-state index < -0.39 is 42.4 Å². The Hall–Kier alpha value is -2.83. The van der Waals surface area contributed by atoms with E-state index in [9.17, 15) is 37.5 Å². The van der Waals surface area contributed by atoms with Gasteiger partial charge in [-0.3, -0.25) is 9.36 Å². The SMILES string of the molecule is CCC(C(=O)O)n1c(=O)c2c(C)c(CN3CCNC3=O)sc2n(CCC(F)(F)F)c1=O. The molecule has 3 rings (SSSR count). The number of urea groups is 1. The van der Waals surface area contributed by atoms with Crippen LogP contribution in [0.2, 0.25) is 0 Å². The Morgan fingerprint density at radius 3 is 2.48 bits per heavy atom. The molecule has 0 spiro atoms. The highest BCUT2D eigenvalue weighted by Crippen LogP contribution is 2.31. The van der Waals surface area contributed by atoms with Gasteiger partial charge in [-0.2, -0.15) is 13.2 Å². The van der Waals surface area contributed by atoms with Crippen molar-refractivity contribution in [3.05, 3.63) is 31.3 Å². The number of carboxylic acids is 1. The Kier molecular flexibility index (Phi) is 6.16. The first-order valence-corrected chi connectivity index (χ1v) is 10.4. The van der Waals surface area contributed by atoms with Crippen LogP contribution in [0.4, 0.5) is 18.0 Å². The molecule has 0 bridgehead atoms. The fourth-order valence-corrected chi connectivity index (χ4v) is 4.91. The summed E-state index contributed by atoms with van der Waals surface area (Å²) in [7, 11) is 0. The molecule has 1 saturated heterocycles. The zero-order chi connectivity index (χ0) is 23.1. The first-order valence-electron chi connectivity index (χ1n) is 9.55. The number of hydrogen-bond acceptors (Lipinski definition) is 5. The number of aliphatic carboxylic acids is 1. The average molecular weight is 462 g/mol. The van der Waals surface area contributed by atoms with Crippen molar-refractivity contribution in [2.45, 2.75) is 52.0 Å². The molecule has 0 radical (unpaired) electrons. The van der Waals surface area contributed by atoms with Gasteiger partial charge in [0.05, 0.1) is 18.4 Å². The molecule has 0 aromatic carbocycles. The number of alkyl halides is 3. The second-order valence-electron chi connectivity index (χ2n) is 7.22. The Morgan fingerprint density at radius 2 is 1.97 bits per heavy atom. The van der Waals surface area contributed by atoms with E-state index in [1.807, 2.05) is 0 Å². The van der Waals surface area contributed by atoms with Crippen LogP contribution in [0.25, 0.3) is 10.2 Å². The molecule has 1 aliphatic rings. The van der Waals surface area contributed by atoms with Gasteiger partial charge in [-0.1, -0.05) is 6.92 Å². The van der Waals surface area contributed by atoms with Gasteiger partial charge >= 0.3 is 23.9 Å². The van der Waals surface area contributed by atoms with Crippen molar-refractivity contribution in [3.8, 4) is 0 Å². The Bertz CT molecular complexity index is 1150. The van der Waals surface area contributed by atoms with Crippen LogP contribution in [0, 0.1) is 6.92 Å². The van der Waals surface area contributed by atoms with Crippen molar-refractivity contribution in [1.29, 1.82) is 0 Å². The Labute approximate surface area is 177 Å². The number of rotatable bonds is 7. The van der Waals surface area contributed by atoms with Crippen molar-refractivity contribution in [3.63, 3.8) is 0 Å². The number of amides is 2. The number of hydrogen-bond donors (Lipinski definition) is 2. The lowest BCUT2D eigenvalue weighted by Crippen LogP contribution is -2.44. The van der Waals surface area contributed by atoms with Gasteiger partial charge in [0, 0.05) is 24.5 Å². The quantitative estimate of drug-likeness (QED) is 0.654. The van der Waals surface area contributed by atoms with Crippen LogP contribution in [-0.2, 0) is 17.9 Å².